The second kappa shape index (κ2) is 17.1. The lowest BCUT2D eigenvalue weighted by Gasteiger charge is -2.13. The van der Waals surface area contributed by atoms with Gasteiger partial charge in [0.1, 0.15) is 36.1 Å². The summed E-state index contributed by atoms with van der Waals surface area (Å²) in [6.45, 7) is 1.49. The zero-order valence-corrected chi connectivity index (χ0v) is 31.3. The molecule has 0 aliphatic heterocycles. The molecule has 3 aromatic heterocycles. The number of hydrogen-bond acceptors (Lipinski definition) is 10. The predicted octanol–water partition coefficient (Wildman–Crippen LogP) is 8.89. The quantitative estimate of drug-likeness (QED) is 0.0881. The first-order chi connectivity index (χ1) is 28.0. The van der Waals surface area contributed by atoms with Gasteiger partial charge in [-0.3, -0.25) is 9.59 Å². The zero-order valence-electron chi connectivity index (χ0n) is 31.3. The predicted molar refractivity (Wildman–Crippen MR) is 217 cm³/mol. The highest BCUT2D eigenvalue weighted by Gasteiger charge is 2.18. The molecule has 5 aromatic carbocycles. The molecule has 0 spiro atoms. The van der Waals surface area contributed by atoms with E-state index < -0.39 is 0 Å². The number of rotatable bonds is 16. The molecule has 0 N–H and O–H groups in total. The number of methoxy groups -OCH3 is 1. The average molecular weight is 762 g/mol. The lowest BCUT2D eigenvalue weighted by atomic mass is 10.1. The second-order valence-corrected chi connectivity index (χ2v) is 13.4. The van der Waals surface area contributed by atoms with E-state index >= 15 is 0 Å². The van der Waals surface area contributed by atoms with Gasteiger partial charge in [0.2, 0.25) is 11.2 Å². The number of aryl methyl sites for hydroxylation is 1. The third-order valence-electron chi connectivity index (χ3n) is 9.43. The second-order valence-electron chi connectivity index (χ2n) is 13.4. The Labute approximate surface area is 327 Å². The number of nitrogens with zero attached hydrogens (tertiary/aromatic N) is 3. The third kappa shape index (κ3) is 8.57. The van der Waals surface area contributed by atoms with E-state index in [1.54, 1.807) is 48.2 Å². The van der Waals surface area contributed by atoms with E-state index in [0.717, 1.165) is 36.1 Å². The number of unbranched alkanes of at least 4 members (excludes halogenated alkanes) is 1. The van der Waals surface area contributed by atoms with Gasteiger partial charge in [0, 0.05) is 23.4 Å². The van der Waals surface area contributed by atoms with Crippen LogP contribution in [0.1, 0.15) is 24.1 Å². The molecule has 0 bridgehead atoms. The highest BCUT2D eigenvalue weighted by molar-refractivity contribution is 5.84. The molecule has 3 heterocycles. The summed E-state index contributed by atoms with van der Waals surface area (Å²) in [5, 5.41) is 9.50. The number of fused-ring (bicyclic) bond motifs is 2. The van der Waals surface area contributed by atoms with Crippen LogP contribution in [0, 0.1) is 0 Å². The van der Waals surface area contributed by atoms with Crippen molar-refractivity contribution in [1.82, 2.24) is 15.0 Å². The number of ether oxygens (including phenoxy) is 4. The highest BCUT2D eigenvalue weighted by Crippen LogP contribution is 2.33. The Bertz CT molecular complexity index is 2740. The van der Waals surface area contributed by atoms with Crippen LogP contribution in [0.4, 0.5) is 0 Å². The zero-order chi connectivity index (χ0) is 39.0. The van der Waals surface area contributed by atoms with E-state index in [4.69, 9.17) is 27.8 Å². The molecule has 11 heteroatoms. The molecule has 286 valence electrons. The fraction of sp³-hybridized carbons (Fsp3) is 0.174. The molecule has 8 aromatic rings. The number of hydrogen-bond donors (Lipinski definition) is 0. The van der Waals surface area contributed by atoms with Crippen LogP contribution in [0.5, 0.6) is 23.0 Å². The van der Waals surface area contributed by atoms with Gasteiger partial charge in [-0.15, -0.1) is 5.10 Å². The normalized spacial score (nSPS) is 11.2. The van der Waals surface area contributed by atoms with Crippen LogP contribution in [-0.2, 0) is 19.6 Å². The van der Waals surface area contributed by atoms with Crippen molar-refractivity contribution in [2.75, 3.05) is 20.3 Å². The Morgan fingerprint density at radius 2 is 1.49 bits per heavy atom. The Kier molecular flexibility index (Phi) is 11.1. The summed E-state index contributed by atoms with van der Waals surface area (Å²) in [7, 11) is 1.61. The van der Waals surface area contributed by atoms with Gasteiger partial charge in [-0.2, -0.15) is 0 Å². The summed E-state index contributed by atoms with van der Waals surface area (Å²) in [6, 6.07) is 38.4. The maximum absolute atomic E-state index is 13.6. The van der Waals surface area contributed by atoms with Gasteiger partial charge in [-0.1, -0.05) is 65.9 Å². The van der Waals surface area contributed by atoms with Crippen LogP contribution in [0.3, 0.4) is 0 Å². The molecule has 0 radical (unpaired) electrons. The number of para-hydroxylation sites is 2. The molecule has 8 rings (SSSR count). The van der Waals surface area contributed by atoms with Crippen LogP contribution >= 0.6 is 0 Å². The monoisotopic (exact) mass is 761 g/mol. The summed E-state index contributed by atoms with van der Waals surface area (Å²) < 4.78 is 37.7. The van der Waals surface area contributed by atoms with E-state index in [0.29, 0.717) is 76.0 Å². The highest BCUT2D eigenvalue weighted by atomic mass is 16.5. The molecule has 0 atom stereocenters. The fourth-order valence-electron chi connectivity index (χ4n) is 6.49. The van der Waals surface area contributed by atoms with Crippen LogP contribution in [0.15, 0.2) is 152 Å². The largest absolute Gasteiger partial charge is 0.497 e. The van der Waals surface area contributed by atoms with Crippen molar-refractivity contribution in [3.8, 4) is 45.6 Å². The smallest absolute Gasteiger partial charge is 0.235 e. The topological polar surface area (TPSA) is 128 Å². The maximum Gasteiger partial charge on any atom is 0.235 e. The summed E-state index contributed by atoms with van der Waals surface area (Å²) in [4.78, 5) is 26.4. The van der Waals surface area contributed by atoms with Crippen molar-refractivity contribution in [2.24, 2.45) is 0 Å². The molecule has 57 heavy (non-hydrogen) atoms. The van der Waals surface area contributed by atoms with E-state index in [2.05, 4.69) is 10.3 Å². The number of benzene rings is 5. The molecule has 0 amide bonds. The Morgan fingerprint density at radius 1 is 0.684 bits per heavy atom. The first-order valence-electron chi connectivity index (χ1n) is 18.7. The van der Waals surface area contributed by atoms with Gasteiger partial charge < -0.3 is 27.8 Å². The summed E-state index contributed by atoms with van der Waals surface area (Å²) in [5.74, 6) is 2.89. The van der Waals surface area contributed by atoms with E-state index in [9.17, 15) is 9.59 Å². The lowest BCUT2D eigenvalue weighted by Crippen LogP contribution is -2.10. The first kappa shape index (κ1) is 36.8. The molecular formula is C46H39N3O8. The van der Waals surface area contributed by atoms with E-state index in [1.807, 2.05) is 91.1 Å². The molecule has 0 saturated heterocycles. The fourth-order valence-corrected chi connectivity index (χ4v) is 6.49. The van der Waals surface area contributed by atoms with Crippen molar-refractivity contribution in [3.63, 3.8) is 0 Å². The number of aromatic nitrogens is 3. The van der Waals surface area contributed by atoms with Crippen molar-refractivity contribution in [3.05, 3.63) is 165 Å². The van der Waals surface area contributed by atoms with Crippen LogP contribution in [0.25, 0.3) is 44.6 Å². The molecule has 0 aliphatic rings. The van der Waals surface area contributed by atoms with Gasteiger partial charge in [0.05, 0.1) is 36.7 Å². The molecule has 0 unspecified atom stereocenters. The van der Waals surface area contributed by atoms with Crippen molar-refractivity contribution < 1.29 is 27.8 Å². The third-order valence-corrected chi connectivity index (χ3v) is 9.43. The Morgan fingerprint density at radius 3 is 2.35 bits per heavy atom. The Balaban J connectivity index is 0.831. The molecule has 0 saturated carbocycles. The summed E-state index contributed by atoms with van der Waals surface area (Å²) >= 11 is 0. The average Bonchev–Trinajstić information content (AvgIpc) is 3.71. The van der Waals surface area contributed by atoms with Gasteiger partial charge in [0.25, 0.3) is 0 Å². The SMILES string of the molecule is COc1cccc(COc2c(-c3ccc(OCCCCc4cn(CCOc5cccc6c(=O)cc(-c7ccccc7)oc56)nn4)cc3)oc3ccccc3c2=O)c1. The van der Waals surface area contributed by atoms with Gasteiger partial charge >= 0.3 is 0 Å². The minimum absolute atomic E-state index is 0.125. The van der Waals surface area contributed by atoms with Crippen molar-refractivity contribution in [2.45, 2.75) is 32.4 Å². The van der Waals surface area contributed by atoms with Gasteiger partial charge in [0.15, 0.2) is 22.5 Å². The van der Waals surface area contributed by atoms with Gasteiger partial charge in [-0.25, -0.2) is 4.68 Å². The minimum atomic E-state index is -0.238. The van der Waals surface area contributed by atoms with Crippen molar-refractivity contribution in [1.29, 1.82) is 0 Å². The maximum atomic E-state index is 13.6. The minimum Gasteiger partial charge on any atom is -0.497 e. The molecule has 0 fully saturated rings. The Hall–Kier alpha value is -7.14. The first-order valence-corrected chi connectivity index (χ1v) is 18.7. The molecule has 11 nitrogen and oxygen atoms in total. The van der Waals surface area contributed by atoms with E-state index in [1.165, 1.54) is 6.07 Å². The van der Waals surface area contributed by atoms with E-state index in [-0.39, 0.29) is 23.2 Å². The van der Waals surface area contributed by atoms with Crippen LogP contribution < -0.4 is 29.8 Å². The van der Waals surface area contributed by atoms with Crippen LogP contribution in [0.2, 0.25) is 0 Å². The van der Waals surface area contributed by atoms with Crippen LogP contribution in [-0.4, -0.2) is 35.3 Å². The summed E-state index contributed by atoms with van der Waals surface area (Å²) in [5.41, 5.74) is 3.79. The molecule has 0 aliphatic carbocycles. The van der Waals surface area contributed by atoms with Gasteiger partial charge in [-0.05, 0) is 85.5 Å². The standard InChI is InChI=1S/C46H39N3O8/c1-52-36-15-9-11-31(27-36)30-55-46-43(51)38-16-5-6-18-40(38)56-44(46)33-20-22-35(23-21-33)53-25-8-7-14-34-29-49(48-47-34)24-26-54-41-19-10-17-37-39(50)28-42(57-45(37)41)32-12-3-2-4-13-32/h2-6,9-13,15-23,27-29H,7-8,14,24-26,30H2,1H3. The summed E-state index contributed by atoms with van der Waals surface area (Å²) in [6.07, 6.45) is 4.35. The van der Waals surface area contributed by atoms with Crippen molar-refractivity contribution >= 4 is 21.9 Å². The lowest BCUT2D eigenvalue weighted by molar-refractivity contribution is 0.289. The molecular weight excluding hydrogens is 723 g/mol.